The van der Waals surface area contributed by atoms with Gasteiger partial charge >= 0.3 is 0 Å². The van der Waals surface area contributed by atoms with Crippen LogP contribution in [-0.2, 0) is 20.6 Å². The van der Waals surface area contributed by atoms with Crippen molar-refractivity contribution >= 4 is 21.8 Å². The fourth-order valence-electron chi connectivity index (χ4n) is 1.84. The quantitative estimate of drug-likeness (QED) is 0.939. The summed E-state index contributed by atoms with van der Waals surface area (Å²) in [7, 11) is 3.71. The van der Waals surface area contributed by atoms with Crippen LogP contribution in [0.3, 0.4) is 0 Å². The van der Waals surface area contributed by atoms with E-state index in [2.05, 4.69) is 26.3 Å². The highest BCUT2D eigenvalue weighted by Crippen LogP contribution is 2.13. The maximum Gasteiger partial charge on any atom is 0.268 e. The first-order valence-electron chi connectivity index (χ1n) is 5.56. The number of rotatable bonds is 3. The van der Waals surface area contributed by atoms with Crippen LogP contribution in [0.2, 0.25) is 0 Å². The SMILES string of the molecule is Cc1nn(C)cc1CNC(=O)c1cc(Br)cn1C. The van der Waals surface area contributed by atoms with Crippen LogP contribution in [0, 0.1) is 6.92 Å². The van der Waals surface area contributed by atoms with Crippen LogP contribution in [0.4, 0.5) is 0 Å². The fourth-order valence-corrected chi connectivity index (χ4v) is 2.36. The number of hydrogen-bond acceptors (Lipinski definition) is 2. The summed E-state index contributed by atoms with van der Waals surface area (Å²) in [5.41, 5.74) is 2.59. The zero-order valence-electron chi connectivity index (χ0n) is 10.6. The zero-order chi connectivity index (χ0) is 13.3. The normalized spacial score (nSPS) is 10.7. The maximum absolute atomic E-state index is 12.0. The Balaban J connectivity index is 2.05. The lowest BCUT2D eigenvalue weighted by atomic mass is 10.2. The molecule has 0 fully saturated rings. The van der Waals surface area contributed by atoms with Crippen molar-refractivity contribution in [2.24, 2.45) is 14.1 Å². The van der Waals surface area contributed by atoms with E-state index in [0.717, 1.165) is 15.7 Å². The van der Waals surface area contributed by atoms with Gasteiger partial charge < -0.3 is 9.88 Å². The second-order valence-corrected chi connectivity index (χ2v) is 5.17. The molecule has 5 nitrogen and oxygen atoms in total. The Morgan fingerprint density at radius 3 is 2.67 bits per heavy atom. The summed E-state index contributed by atoms with van der Waals surface area (Å²) < 4.78 is 4.43. The molecule has 0 aromatic carbocycles. The Kier molecular flexibility index (Phi) is 3.56. The molecule has 96 valence electrons. The van der Waals surface area contributed by atoms with Gasteiger partial charge in [-0.1, -0.05) is 0 Å². The number of carbonyl (C=O) groups is 1. The van der Waals surface area contributed by atoms with Gasteiger partial charge in [-0.2, -0.15) is 5.10 Å². The summed E-state index contributed by atoms with van der Waals surface area (Å²) in [5, 5.41) is 7.13. The van der Waals surface area contributed by atoms with Crippen LogP contribution < -0.4 is 5.32 Å². The highest BCUT2D eigenvalue weighted by Gasteiger charge is 2.11. The number of halogens is 1. The van der Waals surface area contributed by atoms with Gasteiger partial charge in [0.15, 0.2) is 0 Å². The number of carbonyl (C=O) groups excluding carboxylic acids is 1. The topological polar surface area (TPSA) is 51.9 Å². The first-order chi connectivity index (χ1) is 8.47. The molecular weight excluding hydrogens is 296 g/mol. The van der Waals surface area contributed by atoms with Gasteiger partial charge in [-0.15, -0.1) is 0 Å². The predicted molar refractivity (Wildman–Crippen MR) is 72.2 cm³/mol. The molecule has 0 saturated heterocycles. The summed E-state index contributed by atoms with van der Waals surface area (Å²) in [6.07, 6.45) is 3.76. The van der Waals surface area contributed by atoms with E-state index in [4.69, 9.17) is 0 Å². The third-order valence-electron chi connectivity index (χ3n) is 2.76. The van der Waals surface area contributed by atoms with Crippen LogP contribution >= 0.6 is 15.9 Å². The molecule has 0 saturated carbocycles. The van der Waals surface area contributed by atoms with Crippen molar-refractivity contribution in [3.05, 3.63) is 39.9 Å². The fraction of sp³-hybridized carbons (Fsp3) is 0.333. The Labute approximate surface area is 114 Å². The largest absolute Gasteiger partial charge is 0.347 e. The van der Waals surface area contributed by atoms with Crippen LogP contribution in [0.25, 0.3) is 0 Å². The van der Waals surface area contributed by atoms with Crippen LogP contribution in [-0.4, -0.2) is 20.3 Å². The monoisotopic (exact) mass is 310 g/mol. The second kappa shape index (κ2) is 4.97. The van der Waals surface area contributed by atoms with Gasteiger partial charge in [0.1, 0.15) is 5.69 Å². The summed E-state index contributed by atoms with van der Waals surface area (Å²) in [6.45, 7) is 2.42. The summed E-state index contributed by atoms with van der Waals surface area (Å²) in [4.78, 5) is 12.0. The van der Waals surface area contributed by atoms with Crippen molar-refractivity contribution in [3.8, 4) is 0 Å². The van der Waals surface area contributed by atoms with Crippen LogP contribution in [0.5, 0.6) is 0 Å². The third kappa shape index (κ3) is 2.64. The molecule has 1 N–H and O–H groups in total. The zero-order valence-corrected chi connectivity index (χ0v) is 12.2. The lowest BCUT2D eigenvalue weighted by Crippen LogP contribution is -2.24. The first-order valence-corrected chi connectivity index (χ1v) is 6.36. The van der Waals surface area contributed by atoms with Crippen LogP contribution in [0.1, 0.15) is 21.7 Å². The minimum Gasteiger partial charge on any atom is -0.347 e. The Hall–Kier alpha value is -1.56. The van der Waals surface area contributed by atoms with Gasteiger partial charge in [-0.25, -0.2) is 0 Å². The minimum absolute atomic E-state index is 0.0912. The molecule has 0 aliphatic carbocycles. The Morgan fingerprint density at radius 2 is 2.17 bits per heavy atom. The lowest BCUT2D eigenvalue weighted by Gasteiger charge is -2.05. The smallest absolute Gasteiger partial charge is 0.268 e. The van der Waals surface area contributed by atoms with E-state index in [1.807, 2.05) is 33.4 Å². The molecule has 0 aliphatic heterocycles. The highest BCUT2D eigenvalue weighted by molar-refractivity contribution is 9.10. The molecule has 0 radical (unpaired) electrons. The molecule has 18 heavy (non-hydrogen) atoms. The Morgan fingerprint density at radius 1 is 1.44 bits per heavy atom. The van der Waals surface area contributed by atoms with Gasteiger partial charge in [0.25, 0.3) is 5.91 Å². The van der Waals surface area contributed by atoms with Gasteiger partial charge in [-0.05, 0) is 28.9 Å². The molecule has 2 rings (SSSR count). The lowest BCUT2D eigenvalue weighted by molar-refractivity contribution is 0.0943. The van der Waals surface area contributed by atoms with Crippen molar-refractivity contribution in [3.63, 3.8) is 0 Å². The van der Waals surface area contributed by atoms with Gasteiger partial charge in [-0.3, -0.25) is 9.48 Å². The molecule has 6 heteroatoms. The molecule has 0 spiro atoms. The van der Waals surface area contributed by atoms with E-state index in [0.29, 0.717) is 12.2 Å². The van der Waals surface area contributed by atoms with E-state index in [1.54, 1.807) is 15.3 Å². The summed E-state index contributed by atoms with van der Waals surface area (Å²) >= 11 is 3.35. The molecule has 0 atom stereocenters. The number of amides is 1. The third-order valence-corrected chi connectivity index (χ3v) is 3.19. The van der Waals surface area contributed by atoms with Gasteiger partial charge in [0, 0.05) is 43.1 Å². The molecule has 1 amide bonds. The minimum atomic E-state index is -0.0912. The number of aryl methyl sites for hydroxylation is 3. The van der Waals surface area contributed by atoms with E-state index >= 15 is 0 Å². The van der Waals surface area contributed by atoms with Gasteiger partial charge in [0.2, 0.25) is 0 Å². The summed E-state index contributed by atoms with van der Waals surface area (Å²) in [6, 6.07) is 1.80. The number of nitrogens with zero attached hydrogens (tertiary/aromatic N) is 3. The predicted octanol–water partition coefficient (Wildman–Crippen LogP) is 1.76. The molecule has 0 bridgehead atoms. The molecular formula is C12H15BrN4O. The summed E-state index contributed by atoms with van der Waals surface area (Å²) in [5.74, 6) is -0.0912. The van der Waals surface area contributed by atoms with E-state index in [1.165, 1.54) is 0 Å². The number of aromatic nitrogens is 3. The van der Waals surface area contributed by atoms with Crippen molar-refractivity contribution in [2.45, 2.75) is 13.5 Å². The van der Waals surface area contributed by atoms with Gasteiger partial charge in [0.05, 0.1) is 5.69 Å². The van der Waals surface area contributed by atoms with Crippen molar-refractivity contribution in [1.29, 1.82) is 0 Å². The average molecular weight is 311 g/mol. The van der Waals surface area contributed by atoms with E-state index < -0.39 is 0 Å². The molecule has 0 unspecified atom stereocenters. The highest BCUT2D eigenvalue weighted by atomic mass is 79.9. The van der Waals surface area contributed by atoms with Crippen LogP contribution in [0.15, 0.2) is 22.9 Å². The molecule has 0 aliphatic rings. The maximum atomic E-state index is 12.0. The van der Waals surface area contributed by atoms with Crippen molar-refractivity contribution in [1.82, 2.24) is 19.7 Å². The van der Waals surface area contributed by atoms with E-state index in [9.17, 15) is 4.79 Å². The average Bonchev–Trinajstić information content (AvgIpc) is 2.78. The Bertz CT molecular complexity index is 585. The van der Waals surface area contributed by atoms with Crippen molar-refractivity contribution < 1.29 is 4.79 Å². The number of hydrogen-bond donors (Lipinski definition) is 1. The first kappa shape index (κ1) is 12.9. The number of nitrogens with one attached hydrogen (secondary N) is 1. The molecule has 2 aromatic heterocycles. The van der Waals surface area contributed by atoms with E-state index in [-0.39, 0.29) is 5.91 Å². The van der Waals surface area contributed by atoms with Crippen molar-refractivity contribution in [2.75, 3.05) is 0 Å². The standard InChI is InChI=1S/C12H15BrN4O/c1-8-9(6-17(3)15-8)5-14-12(18)11-4-10(13)7-16(11)2/h4,6-7H,5H2,1-3H3,(H,14,18). The molecule has 2 heterocycles. The molecule has 2 aromatic rings. The second-order valence-electron chi connectivity index (χ2n) is 4.25.